The van der Waals surface area contributed by atoms with Gasteiger partial charge in [-0.2, -0.15) is 13.2 Å². The van der Waals surface area contributed by atoms with Gasteiger partial charge in [0.2, 0.25) is 0 Å². The van der Waals surface area contributed by atoms with Crippen LogP contribution in [0.15, 0.2) is 41.8 Å². The SMILES string of the molecule is C[C@@H](NC(=O)COC(=O)c1ccc(C(F)(F)F)cc1)c1cccs1. The predicted octanol–water partition coefficient (Wildman–Crippen LogP) is 3.80. The molecule has 0 radical (unpaired) electrons. The summed E-state index contributed by atoms with van der Waals surface area (Å²) in [6, 6.07) is 7.10. The standard InChI is InChI=1S/C16H14F3NO3S/c1-10(13-3-2-8-24-13)20-14(21)9-23-15(22)11-4-6-12(7-5-11)16(17,18)19/h2-8,10H,9H2,1H3,(H,20,21)/t10-/m1/s1. The Labute approximate surface area is 140 Å². The lowest BCUT2D eigenvalue weighted by Gasteiger charge is -2.12. The highest BCUT2D eigenvalue weighted by atomic mass is 32.1. The smallest absolute Gasteiger partial charge is 0.416 e. The fourth-order valence-corrected chi connectivity index (χ4v) is 2.64. The maximum absolute atomic E-state index is 12.4. The molecule has 0 fully saturated rings. The number of nitrogens with one attached hydrogen (secondary N) is 1. The summed E-state index contributed by atoms with van der Waals surface area (Å²) in [7, 11) is 0. The number of hydrogen-bond acceptors (Lipinski definition) is 4. The average Bonchev–Trinajstić information content (AvgIpc) is 3.06. The first kappa shape index (κ1) is 18.0. The van der Waals surface area contributed by atoms with Crippen LogP contribution in [0.4, 0.5) is 13.2 Å². The summed E-state index contributed by atoms with van der Waals surface area (Å²) in [5, 5.41) is 4.54. The highest BCUT2D eigenvalue weighted by Crippen LogP contribution is 2.29. The van der Waals surface area contributed by atoms with Crippen molar-refractivity contribution < 1.29 is 27.5 Å². The second kappa shape index (κ2) is 7.48. The van der Waals surface area contributed by atoms with Crippen molar-refractivity contribution in [1.29, 1.82) is 0 Å². The van der Waals surface area contributed by atoms with Crippen LogP contribution >= 0.6 is 11.3 Å². The molecule has 128 valence electrons. The lowest BCUT2D eigenvalue weighted by Crippen LogP contribution is -2.30. The summed E-state index contributed by atoms with van der Waals surface area (Å²) in [5.41, 5.74) is -0.913. The minimum Gasteiger partial charge on any atom is -0.452 e. The third-order valence-electron chi connectivity index (χ3n) is 3.13. The van der Waals surface area contributed by atoms with Crippen molar-refractivity contribution in [3.8, 4) is 0 Å². The number of thiophene rings is 1. The van der Waals surface area contributed by atoms with E-state index >= 15 is 0 Å². The van der Waals surface area contributed by atoms with Crippen molar-refractivity contribution in [2.75, 3.05) is 6.61 Å². The molecule has 1 heterocycles. The summed E-state index contributed by atoms with van der Waals surface area (Å²) in [5.74, 6) is -1.35. The monoisotopic (exact) mass is 357 g/mol. The molecule has 0 bridgehead atoms. The number of benzene rings is 1. The summed E-state index contributed by atoms with van der Waals surface area (Å²) in [6.07, 6.45) is -4.47. The lowest BCUT2D eigenvalue weighted by atomic mass is 10.1. The van der Waals surface area contributed by atoms with Crippen LogP contribution in [0.5, 0.6) is 0 Å². The van der Waals surface area contributed by atoms with Gasteiger partial charge >= 0.3 is 12.1 Å². The summed E-state index contributed by atoms with van der Waals surface area (Å²) in [4.78, 5) is 24.4. The van der Waals surface area contributed by atoms with Crippen LogP contribution in [0, 0.1) is 0 Å². The second-order valence-corrected chi connectivity index (χ2v) is 5.94. The molecule has 0 aliphatic carbocycles. The van der Waals surface area contributed by atoms with Gasteiger partial charge in [-0.05, 0) is 42.6 Å². The molecule has 0 unspecified atom stereocenters. The molecular formula is C16H14F3NO3S. The van der Waals surface area contributed by atoms with Gasteiger partial charge in [0.15, 0.2) is 6.61 Å². The number of halogens is 3. The quantitative estimate of drug-likeness (QED) is 0.828. The Balaban J connectivity index is 1.85. The zero-order valence-electron chi connectivity index (χ0n) is 12.6. The zero-order valence-corrected chi connectivity index (χ0v) is 13.4. The van der Waals surface area contributed by atoms with E-state index in [-0.39, 0.29) is 11.6 Å². The Kier molecular flexibility index (Phi) is 5.61. The number of carbonyl (C=O) groups excluding carboxylic acids is 2. The van der Waals surface area contributed by atoms with Gasteiger partial charge < -0.3 is 10.1 Å². The van der Waals surface area contributed by atoms with Crippen LogP contribution < -0.4 is 5.32 Å². The van der Waals surface area contributed by atoms with Gasteiger partial charge in [-0.1, -0.05) is 6.07 Å². The van der Waals surface area contributed by atoms with Gasteiger partial charge in [0.05, 0.1) is 17.2 Å². The van der Waals surface area contributed by atoms with E-state index in [2.05, 4.69) is 5.32 Å². The molecular weight excluding hydrogens is 343 g/mol. The number of esters is 1. The van der Waals surface area contributed by atoms with E-state index < -0.39 is 30.2 Å². The summed E-state index contributed by atoms with van der Waals surface area (Å²) < 4.78 is 42.1. The molecule has 4 nitrogen and oxygen atoms in total. The average molecular weight is 357 g/mol. The van der Waals surface area contributed by atoms with Gasteiger partial charge in [0.1, 0.15) is 0 Å². The van der Waals surface area contributed by atoms with E-state index in [9.17, 15) is 22.8 Å². The van der Waals surface area contributed by atoms with E-state index in [1.54, 1.807) is 6.92 Å². The Bertz CT molecular complexity index is 696. The van der Waals surface area contributed by atoms with Crippen molar-refractivity contribution >= 4 is 23.2 Å². The molecule has 1 atom stereocenters. The molecule has 24 heavy (non-hydrogen) atoms. The van der Waals surface area contributed by atoms with E-state index in [1.165, 1.54) is 11.3 Å². The lowest BCUT2D eigenvalue weighted by molar-refractivity contribution is -0.137. The van der Waals surface area contributed by atoms with Crippen LogP contribution in [-0.4, -0.2) is 18.5 Å². The zero-order chi connectivity index (χ0) is 17.7. The van der Waals surface area contributed by atoms with Crippen molar-refractivity contribution in [3.63, 3.8) is 0 Å². The molecule has 0 aliphatic rings. The Morgan fingerprint density at radius 2 is 1.88 bits per heavy atom. The molecule has 0 saturated carbocycles. The maximum Gasteiger partial charge on any atom is 0.416 e. The first-order chi connectivity index (χ1) is 11.3. The number of rotatable bonds is 5. The number of hydrogen-bond donors (Lipinski definition) is 1. The highest BCUT2D eigenvalue weighted by molar-refractivity contribution is 7.10. The molecule has 0 aliphatic heterocycles. The van der Waals surface area contributed by atoms with E-state index in [4.69, 9.17) is 4.74 Å². The molecule has 2 rings (SSSR count). The highest BCUT2D eigenvalue weighted by Gasteiger charge is 2.30. The van der Waals surface area contributed by atoms with Crippen LogP contribution in [0.25, 0.3) is 0 Å². The number of ether oxygens (including phenoxy) is 1. The van der Waals surface area contributed by atoms with Crippen molar-refractivity contribution in [2.45, 2.75) is 19.1 Å². The van der Waals surface area contributed by atoms with Crippen molar-refractivity contribution in [3.05, 3.63) is 57.8 Å². The Morgan fingerprint density at radius 1 is 1.21 bits per heavy atom. The predicted molar refractivity (Wildman–Crippen MR) is 82.6 cm³/mol. The minimum atomic E-state index is -4.47. The first-order valence-corrected chi connectivity index (χ1v) is 7.82. The first-order valence-electron chi connectivity index (χ1n) is 6.94. The van der Waals surface area contributed by atoms with Gasteiger partial charge in [0, 0.05) is 4.88 Å². The molecule has 2 aromatic rings. The Hall–Kier alpha value is -2.35. The second-order valence-electron chi connectivity index (χ2n) is 4.96. The normalized spacial score (nSPS) is 12.5. The molecule has 1 aromatic carbocycles. The fraction of sp³-hybridized carbons (Fsp3) is 0.250. The molecule has 1 amide bonds. The van der Waals surface area contributed by atoms with E-state index in [1.807, 2.05) is 17.5 Å². The minimum absolute atomic E-state index is 0.0536. The fourth-order valence-electron chi connectivity index (χ4n) is 1.90. The number of carbonyl (C=O) groups is 2. The number of amides is 1. The molecule has 0 saturated heterocycles. The topological polar surface area (TPSA) is 55.4 Å². The summed E-state index contributed by atoms with van der Waals surface area (Å²) >= 11 is 1.48. The van der Waals surface area contributed by atoms with E-state index in [0.29, 0.717) is 0 Å². The molecule has 1 aromatic heterocycles. The van der Waals surface area contributed by atoms with Gasteiger partial charge in [-0.3, -0.25) is 4.79 Å². The van der Waals surface area contributed by atoms with E-state index in [0.717, 1.165) is 29.1 Å². The molecule has 1 N–H and O–H groups in total. The van der Waals surface area contributed by atoms with Crippen LogP contribution in [0.2, 0.25) is 0 Å². The van der Waals surface area contributed by atoms with Crippen LogP contribution in [-0.2, 0) is 15.7 Å². The van der Waals surface area contributed by atoms with Gasteiger partial charge in [-0.15, -0.1) is 11.3 Å². The van der Waals surface area contributed by atoms with Gasteiger partial charge in [-0.25, -0.2) is 4.79 Å². The largest absolute Gasteiger partial charge is 0.452 e. The Morgan fingerprint density at radius 3 is 2.42 bits per heavy atom. The van der Waals surface area contributed by atoms with Crippen molar-refractivity contribution in [1.82, 2.24) is 5.32 Å². The molecule has 0 spiro atoms. The summed E-state index contributed by atoms with van der Waals surface area (Å²) in [6.45, 7) is 1.29. The van der Waals surface area contributed by atoms with Gasteiger partial charge in [0.25, 0.3) is 5.91 Å². The maximum atomic E-state index is 12.4. The third kappa shape index (κ3) is 4.82. The van der Waals surface area contributed by atoms with Crippen LogP contribution in [0.1, 0.15) is 33.8 Å². The number of alkyl halides is 3. The third-order valence-corrected chi connectivity index (χ3v) is 4.18. The van der Waals surface area contributed by atoms with Crippen molar-refractivity contribution in [2.24, 2.45) is 0 Å². The molecule has 8 heteroatoms. The van der Waals surface area contributed by atoms with Crippen LogP contribution in [0.3, 0.4) is 0 Å².